The zero-order chi connectivity index (χ0) is 24.2. The number of carbonyl (C=O) groups is 2. The Morgan fingerprint density at radius 3 is 2.68 bits per heavy atom. The van der Waals surface area contributed by atoms with E-state index in [2.05, 4.69) is 11.0 Å². The second kappa shape index (κ2) is 10.4. The molecule has 0 N–H and O–H groups in total. The summed E-state index contributed by atoms with van der Waals surface area (Å²) in [6.45, 7) is 5.94. The van der Waals surface area contributed by atoms with Gasteiger partial charge in [-0.2, -0.15) is 5.26 Å². The third-order valence-corrected chi connectivity index (χ3v) is 6.57. The summed E-state index contributed by atoms with van der Waals surface area (Å²) in [5.41, 5.74) is 4.52. The number of hydrogen-bond donors (Lipinski definition) is 0. The fourth-order valence-corrected chi connectivity index (χ4v) is 4.73. The second-order valence-electron chi connectivity index (χ2n) is 9.38. The van der Waals surface area contributed by atoms with Gasteiger partial charge in [-0.15, -0.1) is 0 Å². The van der Waals surface area contributed by atoms with E-state index in [1.54, 1.807) is 14.0 Å². The summed E-state index contributed by atoms with van der Waals surface area (Å²) in [5, 5.41) is 10.0. The molecule has 0 unspecified atom stereocenters. The molecule has 178 valence electrons. The molecular weight excluding hydrogens is 428 g/mol. The van der Waals surface area contributed by atoms with Gasteiger partial charge in [-0.3, -0.25) is 9.59 Å². The number of Topliss-reactive ketones (excluding diaryl/α,β-unsaturated/α-hetero) is 1. The maximum Gasteiger partial charge on any atom is 0.225 e. The molecule has 1 aromatic heterocycles. The zero-order valence-electron chi connectivity index (χ0n) is 20.2. The van der Waals surface area contributed by atoms with Crippen LogP contribution in [0.5, 0.6) is 0 Å². The third kappa shape index (κ3) is 5.28. The first-order valence-corrected chi connectivity index (χ1v) is 12.0. The quantitative estimate of drug-likeness (QED) is 0.597. The molecule has 1 saturated carbocycles. The van der Waals surface area contributed by atoms with Crippen LogP contribution in [0.25, 0.3) is 11.1 Å². The van der Waals surface area contributed by atoms with Crippen molar-refractivity contribution in [3.8, 4) is 17.2 Å². The average molecular weight is 461 g/mol. The number of nitrogens with zero attached hydrogens (tertiary/aromatic N) is 4. The molecule has 7 nitrogen and oxygen atoms in total. The highest BCUT2D eigenvalue weighted by Gasteiger charge is 2.33. The molecule has 1 atom stereocenters. The minimum atomic E-state index is 0.0266. The zero-order valence-corrected chi connectivity index (χ0v) is 20.2. The van der Waals surface area contributed by atoms with Crippen molar-refractivity contribution in [2.45, 2.75) is 51.5 Å². The van der Waals surface area contributed by atoms with Gasteiger partial charge in [0.1, 0.15) is 17.7 Å². The number of ether oxygens (including phenoxy) is 1. The number of hydrogen-bond acceptors (Lipinski definition) is 6. The van der Waals surface area contributed by atoms with Crippen molar-refractivity contribution in [1.29, 1.82) is 5.26 Å². The van der Waals surface area contributed by atoms with Crippen LogP contribution in [0.3, 0.4) is 0 Å². The number of aromatic nitrogens is 1. The Labute approximate surface area is 201 Å². The van der Waals surface area contributed by atoms with Crippen molar-refractivity contribution in [2.75, 3.05) is 38.3 Å². The number of pyridine rings is 1. The van der Waals surface area contributed by atoms with Crippen LogP contribution < -0.4 is 4.90 Å². The molecular formula is C27H32N4O3. The number of methoxy groups -OCH3 is 1. The van der Waals surface area contributed by atoms with Crippen molar-refractivity contribution in [3.63, 3.8) is 0 Å². The van der Waals surface area contributed by atoms with E-state index < -0.39 is 0 Å². The summed E-state index contributed by atoms with van der Waals surface area (Å²) in [4.78, 5) is 33.2. The van der Waals surface area contributed by atoms with Crippen molar-refractivity contribution < 1.29 is 14.3 Å². The Bertz CT molecular complexity index is 1120. The van der Waals surface area contributed by atoms with Crippen LogP contribution in [0.1, 0.15) is 55.8 Å². The molecule has 2 fully saturated rings. The summed E-state index contributed by atoms with van der Waals surface area (Å²) in [6.07, 6.45) is 2.97. The molecule has 2 aromatic rings. The highest BCUT2D eigenvalue weighted by Crippen LogP contribution is 2.45. The van der Waals surface area contributed by atoms with Crippen LogP contribution in [0, 0.1) is 11.3 Å². The molecule has 0 radical (unpaired) electrons. The number of rotatable bonds is 8. The number of amides is 1. The van der Waals surface area contributed by atoms with E-state index in [1.165, 1.54) is 0 Å². The summed E-state index contributed by atoms with van der Waals surface area (Å²) in [7, 11) is 1.60. The Morgan fingerprint density at radius 2 is 2.03 bits per heavy atom. The van der Waals surface area contributed by atoms with Crippen LogP contribution in [-0.2, 0) is 20.7 Å². The lowest BCUT2D eigenvalue weighted by atomic mass is 9.96. The number of ketones is 1. The highest BCUT2D eigenvalue weighted by atomic mass is 16.5. The predicted octanol–water partition coefficient (Wildman–Crippen LogP) is 3.70. The molecule has 1 saturated heterocycles. The van der Waals surface area contributed by atoms with Gasteiger partial charge in [0.15, 0.2) is 0 Å². The first-order chi connectivity index (χ1) is 16.4. The van der Waals surface area contributed by atoms with E-state index in [4.69, 9.17) is 9.72 Å². The van der Waals surface area contributed by atoms with Gasteiger partial charge in [0.05, 0.1) is 24.3 Å². The molecule has 34 heavy (non-hydrogen) atoms. The second-order valence-corrected chi connectivity index (χ2v) is 9.38. The third-order valence-electron chi connectivity index (χ3n) is 6.57. The molecule has 1 aliphatic carbocycles. The van der Waals surface area contributed by atoms with Gasteiger partial charge in [0.25, 0.3) is 0 Å². The molecule has 7 heteroatoms. The maximum absolute atomic E-state index is 12.5. The highest BCUT2D eigenvalue weighted by molar-refractivity contribution is 5.80. The van der Waals surface area contributed by atoms with Crippen molar-refractivity contribution >= 4 is 17.5 Å². The Hall–Kier alpha value is -3.24. The van der Waals surface area contributed by atoms with Crippen LogP contribution in [0.2, 0.25) is 0 Å². The van der Waals surface area contributed by atoms with Crippen molar-refractivity contribution in [1.82, 2.24) is 9.88 Å². The van der Waals surface area contributed by atoms with Gasteiger partial charge in [-0.05, 0) is 43.9 Å². The molecule has 0 bridgehead atoms. The van der Waals surface area contributed by atoms with Crippen LogP contribution in [0.15, 0.2) is 30.3 Å². The molecule has 2 heterocycles. The minimum absolute atomic E-state index is 0.0266. The normalized spacial score (nSPS) is 18.0. The lowest BCUT2D eigenvalue weighted by Crippen LogP contribution is -2.54. The molecule has 4 rings (SSSR count). The van der Waals surface area contributed by atoms with E-state index >= 15 is 0 Å². The molecule has 1 amide bonds. The number of carbonyl (C=O) groups excluding carboxylic acids is 2. The monoisotopic (exact) mass is 460 g/mol. The van der Waals surface area contributed by atoms with Crippen molar-refractivity contribution in [3.05, 3.63) is 47.2 Å². The Morgan fingerprint density at radius 1 is 1.24 bits per heavy atom. The first-order valence-electron chi connectivity index (χ1n) is 12.0. The van der Waals surface area contributed by atoms with Gasteiger partial charge < -0.3 is 14.5 Å². The number of benzene rings is 1. The Balaban J connectivity index is 1.63. The van der Waals surface area contributed by atoms with Crippen molar-refractivity contribution in [2.24, 2.45) is 0 Å². The lowest BCUT2D eigenvalue weighted by molar-refractivity contribution is -0.134. The van der Waals surface area contributed by atoms with E-state index in [9.17, 15) is 14.9 Å². The Kier molecular flexibility index (Phi) is 7.28. The topological polar surface area (TPSA) is 86.5 Å². The SMILES string of the molecule is COCCC(=O)N1CCN(c2nc(C3CC3)c(-c3cccc(CC(C)=O)c3)cc2C#N)C[C@H]1C. The van der Waals surface area contributed by atoms with Crippen LogP contribution >= 0.6 is 0 Å². The van der Waals surface area contributed by atoms with Crippen LogP contribution in [-0.4, -0.2) is 61.0 Å². The lowest BCUT2D eigenvalue weighted by Gasteiger charge is -2.41. The van der Waals surface area contributed by atoms with E-state index in [0.29, 0.717) is 56.4 Å². The maximum atomic E-state index is 12.5. The summed E-state index contributed by atoms with van der Waals surface area (Å²) >= 11 is 0. The summed E-state index contributed by atoms with van der Waals surface area (Å²) in [6, 6.07) is 12.3. The molecule has 1 aliphatic heterocycles. The largest absolute Gasteiger partial charge is 0.384 e. The fraction of sp³-hybridized carbons (Fsp3) is 0.481. The fourth-order valence-electron chi connectivity index (χ4n) is 4.73. The first kappa shape index (κ1) is 23.9. The molecule has 1 aromatic carbocycles. The van der Waals surface area contributed by atoms with E-state index in [0.717, 1.165) is 35.2 Å². The minimum Gasteiger partial charge on any atom is -0.384 e. The van der Waals surface area contributed by atoms with Gasteiger partial charge in [-0.25, -0.2) is 4.98 Å². The van der Waals surface area contributed by atoms with E-state index in [-0.39, 0.29) is 17.7 Å². The average Bonchev–Trinajstić information content (AvgIpc) is 3.67. The number of piperazine rings is 1. The smallest absolute Gasteiger partial charge is 0.225 e. The van der Waals surface area contributed by atoms with Crippen LogP contribution in [0.4, 0.5) is 5.82 Å². The standard InChI is InChI=1S/C27H32N4O3/c1-18-17-30(10-11-31(18)25(33)9-12-34-3)27-23(16-28)15-24(26(29-27)21-7-8-21)22-6-4-5-20(14-22)13-19(2)32/h4-6,14-15,18,21H,7-13,17H2,1-3H3/t18-/m1/s1. The number of nitriles is 1. The summed E-state index contributed by atoms with van der Waals surface area (Å²) in [5.74, 6) is 1.33. The molecule has 0 spiro atoms. The summed E-state index contributed by atoms with van der Waals surface area (Å²) < 4.78 is 5.05. The van der Waals surface area contributed by atoms with Gasteiger partial charge in [0.2, 0.25) is 5.91 Å². The van der Waals surface area contributed by atoms with Gasteiger partial charge in [-0.1, -0.05) is 24.3 Å². The predicted molar refractivity (Wildman–Crippen MR) is 131 cm³/mol. The molecule has 2 aliphatic rings. The van der Waals surface area contributed by atoms with Gasteiger partial charge >= 0.3 is 0 Å². The van der Waals surface area contributed by atoms with Gasteiger partial charge in [0, 0.05) is 50.7 Å². The number of anilines is 1. The van der Waals surface area contributed by atoms with E-state index in [1.807, 2.05) is 42.2 Å².